The lowest BCUT2D eigenvalue weighted by atomic mass is 9.91. The van der Waals surface area contributed by atoms with Crippen molar-refractivity contribution in [2.24, 2.45) is 11.3 Å². The molecular weight excluding hydrogens is 330 g/mol. The number of likely N-dealkylation sites (tertiary alicyclic amines) is 1. The van der Waals surface area contributed by atoms with Gasteiger partial charge in [-0.1, -0.05) is 0 Å². The summed E-state index contributed by atoms with van der Waals surface area (Å²) in [7, 11) is 0. The molecule has 8 heteroatoms. The van der Waals surface area contributed by atoms with Crippen LogP contribution in [0.15, 0.2) is 22.6 Å². The molecule has 0 radical (unpaired) electrons. The second kappa shape index (κ2) is 5.41. The number of hydrogen-bond acceptors (Lipinski definition) is 5. The zero-order valence-electron chi connectivity index (χ0n) is 13.0. The minimum absolute atomic E-state index is 0.0209. The quantitative estimate of drug-likeness (QED) is 0.900. The predicted octanol–water partition coefficient (Wildman–Crippen LogP) is 1.17. The van der Waals surface area contributed by atoms with Gasteiger partial charge in [-0.25, -0.2) is 4.98 Å². The first-order valence-electron chi connectivity index (χ1n) is 7.93. The molecule has 7 nitrogen and oxygen atoms in total. The molecule has 4 rings (SSSR count). The maximum Gasteiger partial charge on any atom is 0.307 e. The van der Waals surface area contributed by atoms with E-state index in [-0.39, 0.29) is 29.3 Å². The van der Waals surface area contributed by atoms with Crippen molar-refractivity contribution >= 4 is 33.4 Å². The molecule has 1 aliphatic heterocycles. The number of amides is 1. The zero-order chi connectivity index (χ0) is 16.9. The monoisotopic (exact) mass is 347 g/mol. The van der Waals surface area contributed by atoms with E-state index in [9.17, 15) is 14.4 Å². The van der Waals surface area contributed by atoms with Gasteiger partial charge in [0.1, 0.15) is 11.4 Å². The van der Waals surface area contributed by atoms with Gasteiger partial charge >= 0.3 is 5.97 Å². The van der Waals surface area contributed by atoms with E-state index >= 15 is 0 Å². The Hall–Kier alpha value is -2.22. The summed E-state index contributed by atoms with van der Waals surface area (Å²) in [5.41, 5.74) is -0.299. The summed E-state index contributed by atoms with van der Waals surface area (Å²) in [5.74, 6) is -1.09. The molecule has 2 fully saturated rings. The van der Waals surface area contributed by atoms with Crippen LogP contribution in [0.4, 0.5) is 0 Å². The Bertz CT molecular complexity index is 879. The van der Waals surface area contributed by atoms with Gasteiger partial charge in [0.25, 0.3) is 5.56 Å². The highest BCUT2D eigenvalue weighted by atomic mass is 32.1. The summed E-state index contributed by atoms with van der Waals surface area (Å²) in [6.07, 6.45) is 3.60. The van der Waals surface area contributed by atoms with Gasteiger partial charge in [-0.3, -0.25) is 19.0 Å². The van der Waals surface area contributed by atoms with Crippen LogP contribution in [0.2, 0.25) is 0 Å². The molecule has 1 N–H and O–H groups in total. The Morgan fingerprint density at radius 3 is 2.79 bits per heavy atom. The van der Waals surface area contributed by atoms with Gasteiger partial charge in [-0.2, -0.15) is 0 Å². The fourth-order valence-corrected chi connectivity index (χ4v) is 4.43. The maximum absolute atomic E-state index is 12.5. The third-order valence-corrected chi connectivity index (χ3v) is 6.18. The summed E-state index contributed by atoms with van der Waals surface area (Å²) >= 11 is 1.40. The smallest absolute Gasteiger partial charge is 0.307 e. The van der Waals surface area contributed by atoms with E-state index in [4.69, 9.17) is 5.11 Å². The van der Waals surface area contributed by atoms with Crippen LogP contribution in [0.25, 0.3) is 10.2 Å². The lowest BCUT2D eigenvalue weighted by Gasteiger charge is -2.32. The van der Waals surface area contributed by atoms with Gasteiger partial charge in [0, 0.05) is 13.1 Å². The highest BCUT2D eigenvalue weighted by Gasteiger charge is 2.59. The SMILES string of the molecule is O=C(O)C1CC12CCN(C(=O)Cn1cnc3sccc3c1=O)CC2. The summed E-state index contributed by atoms with van der Waals surface area (Å²) in [5, 5.41) is 11.5. The number of carboxylic acids is 1. The Morgan fingerprint density at radius 2 is 2.12 bits per heavy atom. The number of nitrogens with zero attached hydrogens (tertiary/aromatic N) is 3. The standard InChI is InChI=1S/C16H17N3O4S/c20-12(8-19-9-17-13-10(14(19)21)1-6-24-13)18-4-2-16(3-5-18)7-11(16)15(22)23/h1,6,9,11H,2-5,7-8H2,(H,22,23). The van der Waals surface area contributed by atoms with Crippen LogP contribution < -0.4 is 5.56 Å². The van der Waals surface area contributed by atoms with Crippen molar-refractivity contribution in [3.8, 4) is 0 Å². The molecule has 2 aromatic rings. The molecular formula is C16H17N3O4S. The molecule has 3 heterocycles. The van der Waals surface area contributed by atoms with Crippen LogP contribution in [-0.2, 0) is 16.1 Å². The summed E-state index contributed by atoms with van der Waals surface area (Å²) in [6, 6.07) is 1.72. The number of fused-ring (bicyclic) bond motifs is 1. The second-order valence-corrected chi connectivity index (χ2v) is 7.55. The van der Waals surface area contributed by atoms with E-state index in [0.717, 1.165) is 19.3 Å². The number of hydrogen-bond donors (Lipinski definition) is 1. The van der Waals surface area contributed by atoms with Crippen molar-refractivity contribution in [1.29, 1.82) is 0 Å². The number of thiophene rings is 1. The van der Waals surface area contributed by atoms with Crippen molar-refractivity contribution in [3.63, 3.8) is 0 Å². The molecule has 1 unspecified atom stereocenters. The van der Waals surface area contributed by atoms with Crippen molar-refractivity contribution < 1.29 is 14.7 Å². The average molecular weight is 347 g/mol. The first kappa shape index (κ1) is 15.3. The van der Waals surface area contributed by atoms with E-state index in [0.29, 0.717) is 23.3 Å². The molecule has 2 aliphatic rings. The minimum atomic E-state index is -0.725. The fraction of sp³-hybridized carbons (Fsp3) is 0.500. The molecule has 0 aromatic carbocycles. The Labute approximate surface area is 141 Å². The molecule has 1 saturated heterocycles. The Kier molecular flexibility index (Phi) is 3.45. The summed E-state index contributed by atoms with van der Waals surface area (Å²) in [4.78, 5) is 42.5. The number of aromatic nitrogens is 2. The van der Waals surface area contributed by atoms with E-state index < -0.39 is 5.97 Å². The molecule has 24 heavy (non-hydrogen) atoms. The van der Waals surface area contributed by atoms with Gasteiger partial charge < -0.3 is 10.0 Å². The topological polar surface area (TPSA) is 92.5 Å². The third kappa shape index (κ3) is 2.41. The maximum atomic E-state index is 12.5. The largest absolute Gasteiger partial charge is 0.481 e. The summed E-state index contributed by atoms with van der Waals surface area (Å²) in [6.45, 7) is 1.10. The van der Waals surface area contributed by atoms with E-state index in [2.05, 4.69) is 4.98 Å². The fourth-order valence-electron chi connectivity index (χ4n) is 3.70. The predicted molar refractivity (Wildman–Crippen MR) is 87.9 cm³/mol. The van der Waals surface area contributed by atoms with Crippen molar-refractivity contribution in [2.75, 3.05) is 13.1 Å². The second-order valence-electron chi connectivity index (χ2n) is 6.66. The molecule has 1 aliphatic carbocycles. The van der Waals surface area contributed by atoms with Gasteiger partial charge in [-0.15, -0.1) is 11.3 Å². The number of piperidine rings is 1. The molecule has 0 bridgehead atoms. The van der Waals surface area contributed by atoms with Crippen molar-refractivity contribution in [1.82, 2.24) is 14.5 Å². The van der Waals surface area contributed by atoms with Crippen LogP contribution in [0.1, 0.15) is 19.3 Å². The van der Waals surface area contributed by atoms with E-state index in [1.807, 2.05) is 5.38 Å². The van der Waals surface area contributed by atoms with Crippen LogP contribution in [0, 0.1) is 11.3 Å². The van der Waals surface area contributed by atoms with Gasteiger partial charge in [0.15, 0.2) is 0 Å². The number of carbonyl (C=O) groups is 2. The van der Waals surface area contributed by atoms with Crippen LogP contribution in [0.3, 0.4) is 0 Å². The number of carboxylic acid groups (broad SMARTS) is 1. The molecule has 126 valence electrons. The van der Waals surface area contributed by atoms with Crippen molar-refractivity contribution in [3.05, 3.63) is 28.1 Å². The van der Waals surface area contributed by atoms with Crippen molar-refractivity contribution in [2.45, 2.75) is 25.8 Å². The van der Waals surface area contributed by atoms with Gasteiger partial charge in [0.05, 0.1) is 17.6 Å². The number of aliphatic carboxylic acids is 1. The number of carbonyl (C=O) groups excluding carboxylic acids is 1. The van der Waals surface area contributed by atoms with Crippen LogP contribution >= 0.6 is 11.3 Å². The van der Waals surface area contributed by atoms with E-state index in [1.165, 1.54) is 22.2 Å². The average Bonchev–Trinajstić information content (AvgIpc) is 3.05. The Morgan fingerprint density at radius 1 is 1.38 bits per heavy atom. The third-order valence-electron chi connectivity index (χ3n) is 5.36. The summed E-state index contributed by atoms with van der Waals surface area (Å²) < 4.78 is 1.35. The molecule has 1 saturated carbocycles. The molecule has 2 aromatic heterocycles. The lowest BCUT2D eigenvalue weighted by molar-refractivity contribution is -0.140. The highest BCUT2D eigenvalue weighted by molar-refractivity contribution is 7.16. The van der Waals surface area contributed by atoms with E-state index in [1.54, 1.807) is 11.0 Å². The Balaban J connectivity index is 1.43. The van der Waals surface area contributed by atoms with Crippen LogP contribution in [-0.4, -0.2) is 44.5 Å². The highest BCUT2D eigenvalue weighted by Crippen LogP contribution is 2.59. The first-order valence-corrected chi connectivity index (χ1v) is 8.81. The van der Waals surface area contributed by atoms with Gasteiger partial charge in [0.2, 0.25) is 5.91 Å². The van der Waals surface area contributed by atoms with Crippen LogP contribution in [0.5, 0.6) is 0 Å². The van der Waals surface area contributed by atoms with Gasteiger partial charge in [-0.05, 0) is 36.1 Å². The first-order chi connectivity index (χ1) is 11.5. The zero-order valence-corrected chi connectivity index (χ0v) is 13.8. The number of rotatable bonds is 3. The molecule has 1 spiro atoms. The molecule has 1 atom stereocenters. The minimum Gasteiger partial charge on any atom is -0.481 e. The lowest BCUT2D eigenvalue weighted by Crippen LogP contribution is -2.42. The normalized spacial score (nSPS) is 22.0. The molecule has 1 amide bonds.